The van der Waals surface area contributed by atoms with E-state index in [-0.39, 0.29) is 0 Å². The average Bonchev–Trinajstić information content (AvgIpc) is 1.85. The van der Waals surface area contributed by atoms with Crippen molar-refractivity contribution in [3.8, 4) is 0 Å². The topological polar surface area (TPSA) is 58.2 Å². The van der Waals surface area contributed by atoms with Crippen LogP contribution in [0, 0.1) is 0 Å². The van der Waals surface area contributed by atoms with Crippen LogP contribution < -0.4 is 10.6 Å². The minimum atomic E-state index is -0.525. The summed E-state index contributed by atoms with van der Waals surface area (Å²) in [4.78, 5) is 19.9. The largest absolute Gasteiger partial charge is 0.325 e. The van der Waals surface area contributed by atoms with Crippen molar-refractivity contribution in [2.75, 3.05) is 0 Å². The Hall–Kier alpha value is -1.32. The van der Waals surface area contributed by atoms with Gasteiger partial charge in [0, 0.05) is 6.20 Å². The standard InChI is InChI=1S/C5H8N2O2/c1-2-3-6-5(9)7-4-8/h2-4H,1H3,(H2,6,7,8,9)/b3-2-. The first-order chi connectivity index (χ1) is 4.31. The third-order valence-electron chi connectivity index (χ3n) is 0.571. The second-order valence-electron chi connectivity index (χ2n) is 1.24. The van der Waals surface area contributed by atoms with Crippen LogP contribution >= 0.6 is 0 Å². The monoisotopic (exact) mass is 128 g/mol. The van der Waals surface area contributed by atoms with Crippen molar-refractivity contribution in [3.63, 3.8) is 0 Å². The van der Waals surface area contributed by atoms with Crippen LogP contribution in [0.2, 0.25) is 0 Å². The van der Waals surface area contributed by atoms with Crippen LogP contribution in [0.15, 0.2) is 12.3 Å². The number of carbonyl (C=O) groups excluding carboxylic acids is 2. The molecule has 0 aromatic carbocycles. The van der Waals surface area contributed by atoms with E-state index in [4.69, 9.17) is 0 Å². The molecule has 4 heteroatoms. The van der Waals surface area contributed by atoms with Crippen LogP contribution in [-0.4, -0.2) is 12.4 Å². The van der Waals surface area contributed by atoms with E-state index in [1.165, 1.54) is 6.20 Å². The summed E-state index contributed by atoms with van der Waals surface area (Å²) < 4.78 is 0. The molecule has 0 heterocycles. The molecule has 2 N–H and O–H groups in total. The van der Waals surface area contributed by atoms with Gasteiger partial charge in [-0.25, -0.2) is 4.79 Å². The Labute approximate surface area is 52.9 Å². The van der Waals surface area contributed by atoms with E-state index in [0.717, 1.165) is 0 Å². The second kappa shape index (κ2) is 4.83. The van der Waals surface area contributed by atoms with E-state index in [1.807, 2.05) is 5.32 Å². The summed E-state index contributed by atoms with van der Waals surface area (Å²) in [7, 11) is 0. The molecule has 9 heavy (non-hydrogen) atoms. The summed E-state index contributed by atoms with van der Waals surface area (Å²) in [6.45, 7) is 1.75. The van der Waals surface area contributed by atoms with Gasteiger partial charge in [0.25, 0.3) is 0 Å². The third kappa shape index (κ3) is 4.53. The predicted molar refractivity (Wildman–Crippen MR) is 32.5 cm³/mol. The smallest absolute Gasteiger partial charge is 0.315 e. The fourth-order valence-electron chi connectivity index (χ4n) is 0.254. The van der Waals surface area contributed by atoms with Gasteiger partial charge < -0.3 is 5.32 Å². The quantitative estimate of drug-likeness (QED) is 0.513. The minimum Gasteiger partial charge on any atom is -0.315 e. The molecule has 0 saturated heterocycles. The Morgan fingerprint density at radius 2 is 2.11 bits per heavy atom. The van der Waals surface area contributed by atoms with Gasteiger partial charge in [-0.1, -0.05) is 6.08 Å². The number of carbonyl (C=O) groups is 2. The van der Waals surface area contributed by atoms with Gasteiger partial charge in [0.2, 0.25) is 6.41 Å². The van der Waals surface area contributed by atoms with Crippen LogP contribution in [0.4, 0.5) is 4.79 Å². The molecule has 4 nitrogen and oxygen atoms in total. The zero-order valence-corrected chi connectivity index (χ0v) is 5.05. The molecule has 0 unspecified atom stereocenters. The van der Waals surface area contributed by atoms with Crippen molar-refractivity contribution >= 4 is 12.4 Å². The highest BCUT2D eigenvalue weighted by Gasteiger charge is 1.89. The van der Waals surface area contributed by atoms with Gasteiger partial charge in [0.1, 0.15) is 0 Å². The summed E-state index contributed by atoms with van der Waals surface area (Å²) in [5.41, 5.74) is 0. The number of hydrogen-bond donors (Lipinski definition) is 2. The zero-order valence-electron chi connectivity index (χ0n) is 5.05. The Balaban J connectivity index is 3.38. The van der Waals surface area contributed by atoms with E-state index in [9.17, 15) is 9.59 Å². The molecule has 0 aromatic rings. The second-order valence-corrected chi connectivity index (χ2v) is 1.24. The zero-order chi connectivity index (χ0) is 7.11. The van der Waals surface area contributed by atoms with E-state index in [2.05, 4.69) is 5.32 Å². The molecular formula is C5H8N2O2. The van der Waals surface area contributed by atoms with Crippen LogP contribution in [0.25, 0.3) is 0 Å². The number of amides is 3. The number of allylic oxidation sites excluding steroid dienone is 1. The lowest BCUT2D eigenvalue weighted by Gasteiger charge is -1.92. The van der Waals surface area contributed by atoms with E-state index in [1.54, 1.807) is 13.0 Å². The highest BCUT2D eigenvalue weighted by Crippen LogP contribution is 1.63. The molecule has 0 radical (unpaired) electrons. The fraction of sp³-hybridized carbons (Fsp3) is 0.200. The maximum Gasteiger partial charge on any atom is 0.325 e. The Kier molecular flexibility index (Phi) is 4.12. The SMILES string of the molecule is C/C=C\NC(=O)NC=O. The maximum atomic E-state index is 10.3. The molecule has 0 spiro atoms. The summed E-state index contributed by atoms with van der Waals surface area (Å²) in [6.07, 6.45) is 3.39. The maximum absolute atomic E-state index is 10.3. The predicted octanol–water partition coefficient (Wildman–Crippen LogP) is -0.0244. The molecule has 0 aliphatic heterocycles. The normalized spacial score (nSPS) is 9.00. The lowest BCUT2D eigenvalue weighted by atomic mass is 10.7. The fourth-order valence-corrected chi connectivity index (χ4v) is 0.254. The number of hydrogen-bond acceptors (Lipinski definition) is 2. The minimum absolute atomic E-state index is 0.318. The summed E-state index contributed by atoms with van der Waals surface area (Å²) >= 11 is 0. The highest BCUT2D eigenvalue weighted by atomic mass is 16.2. The Morgan fingerprint density at radius 3 is 2.56 bits per heavy atom. The van der Waals surface area contributed by atoms with Crippen LogP contribution in [0.5, 0.6) is 0 Å². The number of rotatable bonds is 2. The van der Waals surface area contributed by atoms with E-state index in [0.29, 0.717) is 6.41 Å². The van der Waals surface area contributed by atoms with Gasteiger partial charge in [0.05, 0.1) is 0 Å². The van der Waals surface area contributed by atoms with Crippen molar-refractivity contribution in [3.05, 3.63) is 12.3 Å². The molecule has 50 valence electrons. The summed E-state index contributed by atoms with van der Waals surface area (Å²) in [6, 6.07) is -0.525. The molecule has 0 atom stereocenters. The van der Waals surface area contributed by atoms with E-state index >= 15 is 0 Å². The molecule has 3 amide bonds. The van der Waals surface area contributed by atoms with Crippen LogP contribution in [-0.2, 0) is 4.79 Å². The van der Waals surface area contributed by atoms with Gasteiger partial charge in [-0.05, 0) is 6.92 Å². The van der Waals surface area contributed by atoms with Crippen LogP contribution in [0.1, 0.15) is 6.92 Å². The van der Waals surface area contributed by atoms with Gasteiger partial charge in [-0.3, -0.25) is 10.1 Å². The van der Waals surface area contributed by atoms with Gasteiger partial charge >= 0.3 is 6.03 Å². The first-order valence-electron chi connectivity index (χ1n) is 2.43. The lowest BCUT2D eigenvalue weighted by Crippen LogP contribution is -2.30. The van der Waals surface area contributed by atoms with Crippen molar-refractivity contribution in [1.29, 1.82) is 0 Å². The third-order valence-corrected chi connectivity index (χ3v) is 0.571. The summed E-state index contributed by atoms with van der Waals surface area (Å²) in [5.74, 6) is 0. The number of urea groups is 1. The Bertz CT molecular complexity index is 131. The first kappa shape index (κ1) is 7.68. The molecule has 0 rings (SSSR count). The molecule has 0 bridgehead atoms. The van der Waals surface area contributed by atoms with Crippen molar-refractivity contribution in [1.82, 2.24) is 10.6 Å². The van der Waals surface area contributed by atoms with Crippen molar-refractivity contribution in [2.24, 2.45) is 0 Å². The van der Waals surface area contributed by atoms with Gasteiger partial charge in [0.15, 0.2) is 0 Å². The van der Waals surface area contributed by atoms with Crippen LogP contribution in [0.3, 0.4) is 0 Å². The average molecular weight is 128 g/mol. The molecule has 0 aliphatic rings. The van der Waals surface area contributed by atoms with Gasteiger partial charge in [-0.2, -0.15) is 0 Å². The lowest BCUT2D eigenvalue weighted by molar-refractivity contribution is -0.108. The highest BCUT2D eigenvalue weighted by molar-refractivity contribution is 5.84. The van der Waals surface area contributed by atoms with E-state index < -0.39 is 6.03 Å². The number of nitrogens with one attached hydrogen (secondary N) is 2. The van der Waals surface area contributed by atoms with Crippen molar-refractivity contribution < 1.29 is 9.59 Å². The molecular weight excluding hydrogens is 120 g/mol. The van der Waals surface area contributed by atoms with Crippen molar-refractivity contribution in [2.45, 2.75) is 6.92 Å². The van der Waals surface area contributed by atoms with Gasteiger partial charge in [-0.15, -0.1) is 0 Å². The first-order valence-corrected chi connectivity index (χ1v) is 2.43. The molecule has 0 fully saturated rings. The molecule has 0 saturated carbocycles. The molecule has 0 aliphatic carbocycles. The summed E-state index contributed by atoms with van der Waals surface area (Å²) in [5, 5.41) is 4.17. The number of imide groups is 1. The Morgan fingerprint density at radius 1 is 1.44 bits per heavy atom. The molecule has 0 aromatic heterocycles.